The van der Waals surface area contributed by atoms with Crippen molar-refractivity contribution < 1.29 is 73.9 Å². The molecule has 4 rings (SSSR count). The van der Waals surface area contributed by atoms with Gasteiger partial charge in [-0.1, -0.05) is 96.3 Å². The summed E-state index contributed by atoms with van der Waals surface area (Å²) in [6.45, 7) is 28.4. The third-order valence-electron chi connectivity index (χ3n) is 11.3. The second-order valence-electron chi connectivity index (χ2n) is 18.8. The molecule has 0 aliphatic heterocycles. The lowest BCUT2D eigenvalue weighted by Gasteiger charge is -2.29. The summed E-state index contributed by atoms with van der Waals surface area (Å²) in [4.78, 5) is 45.4. The van der Waals surface area contributed by atoms with Crippen molar-refractivity contribution in [1.29, 1.82) is 0 Å². The Morgan fingerprint density at radius 1 is 0.597 bits per heavy atom. The molecule has 10 nitrogen and oxygen atoms in total. The van der Waals surface area contributed by atoms with Gasteiger partial charge in [0.2, 0.25) is 0 Å². The number of fused-ring (bicyclic) bond motifs is 2. The Labute approximate surface area is 421 Å². The summed E-state index contributed by atoms with van der Waals surface area (Å²) in [6, 6.07) is 22.6. The van der Waals surface area contributed by atoms with Crippen LogP contribution in [0.2, 0.25) is 0 Å². The second-order valence-corrected chi connectivity index (χ2v) is 18.8. The molecule has 0 saturated carbocycles. The number of esters is 4. The Morgan fingerprint density at radius 3 is 1.42 bits per heavy atom. The van der Waals surface area contributed by atoms with Gasteiger partial charge in [-0.25, -0.2) is 14.4 Å². The molecule has 0 aliphatic carbocycles. The Morgan fingerprint density at radius 2 is 1.01 bits per heavy atom. The number of alkyl halides is 6. The number of hydrogen-bond donors (Lipinski definition) is 0. The number of hydrogen-bond acceptors (Lipinski definition) is 10. The SMILES string of the molecule is C=C(C)C(=O)OC(C)(C)CC.C=Cc1ccc2cc(OCC(=O)OCCC(F)(F)F)ccc2c1.CCC(C)(C)OC(=O)C(C)(C)CC.CCC(C)c1ccc2cc(OCC(=O)OCCC(F)(F)F)ccc2c1. The molecule has 0 spiro atoms. The van der Waals surface area contributed by atoms with E-state index in [1.807, 2.05) is 98.7 Å². The average Bonchev–Trinajstić information content (AvgIpc) is 3.31. The molecule has 0 amide bonds. The summed E-state index contributed by atoms with van der Waals surface area (Å²) in [7, 11) is 0. The van der Waals surface area contributed by atoms with Crippen molar-refractivity contribution in [2.24, 2.45) is 5.41 Å². The molecule has 0 aromatic heterocycles. The fourth-order valence-corrected chi connectivity index (χ4v) is 5.28. The molecule has 0 saturated heterocycles. The van der Waals surface area contributed by atoms with Crippen LogP contribution in [0.4, 0.5) is 26.3 Å². The van der Waals surface area contributed by atoms with Crippen molar-refractivity contribution in [2.75, 3.05) is 26.4 Å². The maximum absolute atomic E-state index is 12.0. The third kappa shape index (κ3) is 25.9. The first-order chi connectivity index (χ1) is 33.3. The second kappa shape index (κ2) is 29.5. The lowest BCUT2D eigenvalue weighted by molar-refractivity contribution is -0.168. The van der Waals surface area contributed by atoms with E-state index in [4.69, 9.17) is 18.9 Å². The van der Waals surface area contributed by atoms with Gasteiger partial charge in [-0.15, -0.1) is 0 Å². The van der Waals surface area contributed by atoms with Crippen LogP contribution in [0.5, 0.6) is 11.5 Å². The van der Waals surface area contributed by atoms with Gasteiger partial charge in [0, 0.05) is 5.57 Å². The zero-order valence-electron chi connectivity index (χ0n) is 43.9. The lowest BCUT2D eigenvalue weighted by atomic mass is 9.90. The van der Waals surface area contributed by atoms with Crippen molar-refractivity contribution in [2.45, 2.75) is 151 Å². The fourth-order valence-electron chi connectivity index (χ4n) is 5.28. The van der Waals surface area contributed by atoms with Crippen molar-refractivity contribution in [3.63, 3.8) is 0 Å². The van der Waals surface area contributed by atoms with E-state index in [1.165, 1.54) is 5.56 Å². The van der Waals surface area contributed by atoms with E-state index in [1.54, 1.807) is 37.3 Å². The predicted molar refractivity (Wildman–Crippen MR) is 271 cm³/mol. The lowest BCUT2D eigenvalue weighted by Crippen LogP contribution is -2.34. The first-order valence-electron chi connectivity index (χ1n) is 23.8. The van der Waals surface area contributed by atoms with Crippen LogP contribution in [-0.2, 0) is 38.1 Å². The molecule has 400 valence electrons. The smallest absolute Gasteiger partial charge is 0.392 e. The van der Waals surface area contributed by atoms with Gasteiger partial charge in [0.1, 0.15) is 35.9 Å². The Balaban J connectivity index is 0.000000508. The standard InChI is InChI=1S/C19H21F3O3.C17H15F3O3.C11H22O2.C9H16O2/c1-3-13(2)14-4-5-16-11-17(7-6-15(16)10-14)25-12-18(23)24-9-8-19(20,21)22;1-2-12-3-4-14-10-15(6-5-13(14)9-12)23-11-16(21)22-8-7-17(18,19)20;1-7-10(3,4)9(12)13-11(5,6)8-2;1-6-9(4,5)11-8(10)7(2)3/h4-7,10-11,13H,3,8-9,12H2,1-2H3;2-6,9-10H,1,7-8,11H2;7-8H2,1-6H3;2,6H2,1,3-5H3. The van der Waals surface area contributed by atoms with Crippen LogP contribution in [0.1, 0.15) is 139 Å². The molecular formula is C56H74F6O10. The van der Waals surface area contributed by atoms with Crippen LogP contribution in [0.25, 0.3) is 27.6 Å². The van der Waals surface area contributed by atoms with E-state index >= 15 is 0 Å². The predicted octanol–water partition coefficient (Wildman–Crippen LogP) is 15.0. The first-order valence-corrected chi connectivity index (χ1v) is 23.8. The molecular weight excluding hydrogens is 947 g/mol. The zero-order chi connectivity index (χ0) is 55.1. The quantitative estimate of drug-likeness (QED) is 0.0366. The van der Waals surface area contributed by atoms with E-state index in [-0.39, 0.29) is 28.6 Å². The van der Waals surface area contributed by atoms with Crippen LogP contribution in [0.3, 0.4) is 0 Å². The van der Waals surface area contributed by atoms with E-state index in [0.717, 1.165) is 52.8 Å². The highest BCUT2D eigenvalue weighted by Gasteiger charge is 2.32. The number of halogens is 6. The van der Waals surface area contributed by atoms with Crippen molar-refractivity contribution >= 4 is 51.5 Å². The number of carbonyl (C=O) groups is 4. The minimum atomic E-state index is -4.34. The molecule has 72 heavy (non-hydrogen) atoms. The summed E-state index contributed by atoms with van der Waals surface area (Å²) in [5.74, 6) is -0.675. The molecule has 1 unspecified atom stereocenters. The maximum Gasteiger partial charge on any atom is 0.392 e. The van der Waals surface area contributed by atoms with Crippen molar-refractivity contribution in [1.82, 2.24) is 0 Å². The van der Waals surface area contributed by atoms with Crippen LogP contribution in [-0.4, -0.2) is 73.9 Å². The normalized spacial score (nSPS) is 12.0. The average molecular weight is 1020 g/mol. The van der Waals surface area contributed by atoms with Gasteiger partial charge in [0.15, 0.2) is 13.2 Å². The topological polar surface area (TPSA) is 124 Å². The largest absolute Gasteiger partial charge is 0.482 e. The van der Waals surface area contributed by atoms with Gasteiger partial charge in [-0.2, -0.15) is 26.3 Å². The summed E-state index contributed by atoms with van der Waals surface area (Å²) in [5.41, 5.74) is 1.65. The van der Waals surface area contributed by atoms with Crippen LogP contribution in [0, 0.1) is 5.41 Å². The molecule has 0 N–H and O–H groups in total. The minimum absolute atomic E-state index is 0.0955. The van der Waals surface area contributed by atoms with Gasteiger partial charge in [-0.3, -0.25) is 4.79 Å². The minimum Gasteiger partial charge on any atom is -0.482 e. The molecule has 0 aliphatic rings. The van der Waals surface area contributed by atoms with Gasteiger partial charge >= 0.3 is 36.2 Å². The highest BCUT2D eigenvalue weighted by molar-refractivity contribution is 5.88. The Bertz CT molecular complexity index is 2380. The van der Waals surface area contributed by atoms with Crippen LogP contribution < -0.4 is 9.47 Å². The van der Waals surface area contributed by atoms with E-state index in [9.17, 15) is 45.5 Å². The summed E-state index contributed by atoms with van der Waals surface area (Å²) < 4.78 is 102. The highest BCUT2D eigenvalue weighted by Crippen LogP contribution is 2.28. The monoisotopic (exact) mass is 1020 g/mol. The highest BCUT2D eigenvalue weighted by atomic mass is 19.4. The molecule has 0 bridgehead atoms. The first kappa shape index (κ1) is 64.0. The summed E-state index contributed by atoms with van der Waals surface area (Å²) in [5, 5.41) is 3.94. The molecule has 4 aromatic carbocycles. The molecule has 0 fully saturated rings. The van der Waals surface area contributed by atoms with Crippen molar-refractivity contribution in [3.8, 4) is 11.5 Å². The van der Waals surface area contributed by atoms with E-state index in [2.05, 4.69) is 48.6 Å². The third-order valence-corrected chi connectivity index (χ3v) is 11.3. The maximum atomic E-state index is 12.0. The van der Waals surface area contributed by atoms with Crippen LogP contribution in [0.15, 0.2) is 91.5 Å². The van der Waals surface area contributed by atoms with Crippen molar-refractivity contribution in [3.05, 3.63) is 103 Å². The number of benzene rings is 4. The van der Waals surface area contributed by atoms with Gasteiger partial charge in [0.25, 0.3) is 0 Å². The number of carbonyl (C=O) groups excluding carboxylic acids is 4. The summed E-state index contributed by atoms with van der Waals surface area (Å²) >= 11 is 0. The van der Waals surface area contributed by atoms with Gasteiger partial charge in [-0.05, 0) is 143 Å². The van der Waals surface area contributed by atoms with E-state index in [0.29, 0.717) is 23.0 Å². The molecule has 16 heteroatoms. The molecule has 1 atom stereocenters. The number of ether oxygens (including phenoxy) is 6. The van der Waals surface area contributed by atoms with Gasteiger partial charge < -0.3 is 28.4 Å². The molecule has 4 aromatic rings. The molecule has 0 heterocycles. The van der Waals surface area contributed by atoms with E-state index < -0.39 is 63.6 Å². The molecule has 0 radical (unpaired) electrons. The Kier molecular flexibility index (Phi) is 26.2. The fraction of sp³-hybridized carbons (Fsp3) is 0.500. The number of rotatable bonds is 20. The Hall–Kier alpha value is -6.06. The van der Waals surface area contributed by atoms with Gasteiger partial charge in [0.05, 0.1) is 18.3 Å². The summed E-state index contributed by atoms with van der Waals surface area (Å²) in [6.07, 6.45) is -5.74. The zero-order valence-corrected chi connectivity index (χ0v) is 43.9. The van der Waals surface area contributed by atoms with Crippen LogP contribution >= 0.6 is 0 Å².